The van der Waals surface area contributed by atoms with Crippen LogP contribution in [-0.4, -0.2) is 65.8 Å². The van der Waals surface area contributed by atoms with Crippen molar-refractivity contribution in [1.82, 2.24) is 15.1 Å². The first kappa shape index (κ1) is 27.3. The van der Waals surface area contributed by atoms with Gasteiger partial charge < -0.3 is 25.6 Å². The largest absolute Gasteiger partial charge is 0.483 e. The zero-order chi connectivity index (χ0) is 25.4. The van der Waals surface area contributed by atoms with Gasteiger partial charge in [-0.2, -0.15) is 0 Å². The molecule has 3 amide bonds. The van der Waals surface area contributed by atoms with Crippen LogP contribution in [0.5, 0.6) is 5.75 Å². The number of rotatable bonds is 10. The Hall–Kier alpha value is -2.32. The lowest BCUT2D eigenvalue weighted by atomic mass is 9.83. The number of likely N-dealkylation sites (N-methyl/N-ethyl adjacent to an activating group) is 1. The number of hydrogen-bond donors (Lipinski definition) is 2. The average Bonchev–Trinajstić information content (AvgIpc) is 3.37. The second kappa shape index (κ2) is 13.1. The molecule has 1 aromatic rings. The van der Waals surface area contributed by atoms with E-state index in [1.165, 1.54) is 6.42 Å². The van der Waals surface area contributed by atoms with E-state index in [2.05, 4.69) is 5.32 Å². The summed E-state index contributed by atoms with van der Waals surface area (Å²) in [5, 5.41) is 3.44. The van der Waals surface area contributed by atoms with Crippen LogP contribution in [-0.2, 0) is 20.9 Å². The highest BCUT2D eigenvalue weighted by Crippen LogP contribution is 2.28. The van der Waals surface area contributed by atoms with E-state index in [4.69, 9.17) is 22.1 Å². The van der Waals surface area contributed by atoms with E-state index in [0.717, 1.165) is 32.1 Å². The molecule has 0 spiro atoms. The van der Waals surface area contributed by atoms with Crippen LogP contribution < -0.4 is 15.8 Å². The molecule has 3 N–H and O–H groups in total. The van der Waals surface area contributed by atoms with Crippen LogP contribution >= 0.6 is 11.6 Å². The standard InChI is InChI=1S/C26H39ClN4O4/c1-3-30(4-2)23(32)17-35-22-13-12-20(27)15-19(22)16-29-25(33)21-11-8-14-31(21)26(34)24(28)18-9-6-5-7-10-18/h12-13,15,18,21,24H,3-11,14,16-17,28H2,1-2H3,(H,29,33)/t21-,24+/m0/s1. The van der Waals surface area contributed by atoms with Gasteiger partial charge in [-0.25, -0.2) is 0 Å². The van der Waals surface area contributed by atoms with Gasteiger partial charge in [0.1, 0.15) is 11.8 Å². The number of hydrogen-bond acceptors (Lipinski definition) is 5. The molecule has 0 bridgehead atoms. The van der Waals surface area contributed by atoms with E-state index in [1.807, 2.05) is 13.8 Å². The Bertz CT molecular complexity index is 886. The lowest BCUT2D eigenvalue weighted by Crippen LogP contribution is -2.53. The highest BCUT2D eigenvalue weighted by atomic mass is 35.5. The maximum absolute atomic E-state index is 13.1. The summed E-state index contributed by atoms with van der Waals surface area (Å²) in [6.45, 7) is 5.71. The Morgan fingerprint density at radius 3 is 2.54 bits per heavy atom. The van der Waals surface area contributed by atoms with Crippen molar-refractivity contribution in [3.63, 3.8) is 0 Å². The molecule has 0 unspecified atom stereocenters. The molecule has 2 atom stereocenters. The topological polar surface area (TPSA) is 105 Å². The Balaban J connectivity index is 1.60. The third kappa shape index (κ3) is 7.10. The third-order valence-electron chi connectivity index (χ3n) is 7.22. The van der Waals surface area contributed by atoms with Crippen LogP contribution in [0.15, 0.2) is 18.2 Å². The van der Waals surface area contributed by atoms with Crippen molar-refractivity contribution in [2.45, 2.75) is 77.4 Å². The van der Waals surface area contributed by atoms with Crippen LogP contribution in [0.4, 0.5) is 0 Å². The summed E-state index contributed by atoms with van der Waals surface area (Å²) in [6.07, 6.45) is 6.77. The van der Waals surface area contributed by atoms with Crippen molar-refractivity contribution in [2.75, 3.05) is 26.2 Å². The van der Waals surface area contributed by atoms with E-state index in [-0.39, 0.29) is 36.8 Å². The second-order valence-corrected chi connectivity index (χ2v) is 9.87. The average molecular weight is 507 g/mol. The summed E-state index contributed by atoms with van der Waals surface area (Å²) >= 11 is 6.18. The number of ether oxygens (including phenoxy) is 1. The van der Waals surface area contributed by atoms with Crippen LogP contribution in [0, 0.1) is 5.92 Å². The van der Waals surface area contributed by atoms with Crippen LogP contribution in [0.3, 0.4) is 0 Å². The summed E-state index contributed by atoms with van der Waals surface area (Å²) in [7, 11) is 0. The predicted molar refractivity (Wildman–Crippen MR) is 136 cm³/mol. The van der Waals surface area contributed by atoms with Gasteiger partial charge in [-0.05, 0) is 63.6 Å². The Morgan fingerprint density at radius 1 is 1.14 bits per heavy atom. The van der Waals surface area contributed by atoms with E-state index in [0.29, 0.717) is 42.4 Å². The zero-order valence-electron chi connectivity index (χ0n) is 20.9. The number of carbonyl (C=O) groups is 3. The fourth-order valence-electron chi connectivity index (χ4n) is 5.12. The van der Waals surface area contributed by atoms with E-state index in [1.54, 1.807) is 28.0 Å². The van der Waals surface area contributed by atoms with Crippen molar-refractivity contribution in [3.8, 4) is 5.75 Å². The van der Waals surface area contributed by atoms with Gasteiger partial charge in [0.2, 0.25) is 11.8 Å². The molecule has 1 heterocycles. The van der Waals surface area contributed by atoms with E-state index >= 15 is 0 Å². The van der Waals surface area contributed by atoms with Gasteiger partial charge >= 0.3 is 0 Å². The summed E-state index contributed by atoms with van der Waals surface area (Å²) in [5.41, 5.74) is 7.02. The molecule has 2 fully saturated rings. The predicted octanol–water partition coefficient (Wildman–Crippen LogP) is 3.10. The van der Waals surface area contributed by atoms with E-state index in [9.17, 15) is 14.4 Å². The van der Waals surface area contributed by atoms with Crippen LogP contribution in [0.1, 0.15) is 64.4 Å². The molecule has 1 aromatic carbocycles. The van der Waals surface area contributed by atoms with Crippen molar-refractivity contribution < 1.29 is 19.1 Å². The minimum atomic E-state index is -0.542. The molecular formula is C26H39ClN4O4. The fraction of sp³-hybridized carbons (Fsp3) is 0.654. The minimum absolute atomic E-state index is 0.0891. The highest BCUT2D eigenvalue weighted by molar-refractivity contribution is 6.30. The number of nitrogens with two attached hydrogens (primary N) is 1. The second-order valence-electron chi connectivity index (χ2n) is 9.44. The Labute approximate surface area is 213 Å². The number of nitrogens with one attached hydrogen (secondary N) is 1. The molecule has 1 aliphatic carbocycles. The van der Waals surface area contributed by atoms with Gasteiger partial charge in [0.05, 0.1) is 6.04 Å². The molecule has 194 valence electrons. The van der Waals surface area contributed by atoms with Crippen molar-refractivity contribution >= 4 is 29.3 Å². The third-order valence-corrected chi connectivity index (χ3v) is 7.46. The number of halogens is 1. The van der Waals surface area contributed by atoms with Crippen LogP contribution in [0.25, 0.3) is 0 Å². The highest BCUT2D eigenvalue weighted by Gasteiger charge is 2.38. The zero-order valence-corrected chi connectivity index (χ0v) is 21.7. The SMILES string of the molecule is CCN(CC)C(=O)COc1ccc(Cl)cc1CNC(=O)[C@@H]1CCCN1C(=O)[C@H](N)C1CCCCC1. The summed E-state index contributed by atoms with van der Waals surface area (Å²) in [6, 6.07) is 4.04. The molecule has 0 aromatic heterocycles. The van der Waals surface area contributed by atoms with Crippen LogP contribution in [0.2, 0.25) is 5.02 Å². The molecule has 1 saturated heterocycles. The monoisotopic (exact) mass is 506 g/mol. The number of likely N-dealkylation sites (tertiary alicyclic amines) is 1. The fourth-order valence-corrected chi connectivity index (χ4v) is 5.32. The molecule has 8 nitrogen and oxygen atoms in total. The molecule has 9 heteroatoms. The molecule has 0 radical (unpaired) electrons. The van der Waals surface area contributed by atoms with E-state index < -0.39 is 12.1 Å². The maximum atomic E-state index is 13.1. The number of amides is 3. The van der Waals surface area contributed by atoms with Gasteiger partial charge in [0.25, 0.3) is 5.91 Å². The van der Waals surface area contributed by atoms with Crippen molar-refractivity contribution in [2.24, 2.45) is 11.7 Å². The summed E-state index contributed by atoms with van der Waals surface area (Å²) in [4.78, 5) is 41.9. The van der Waals surface area contributed by atoms with Gasteiger partial charge in [-0.1, -0.05) is 30.9 Å². The van der Waals surface area contributed by atoms with Gasteiger partial charge in [0.15, 0.2) is 6.61 Å². The smallest absolute Gasteiger partial charge is 0.260 e. The molecule has 3 rings (SSSR count). The number of nitrogens with zero attached hydrogens (tertiary/aromatic N) is 2. The van der Waals surface area contributed by atoms with Gasteiger partial charge in [-0.15, -0.1) is 0 Å². The maximum Gasteiger partial charge on any atom is 0.260 e. The van der Waals surface area contributed by atoms with Gasteiger partial charge in [-0.3, -0.25) is 14.4 Å². The molecule has 35 heavy (non-hydrogen) atoms. The summed E-state index contributed by atoms with van der Waals surface area (Å²) < 4.78 is 5.77. The van der Waals surface area contributed by atoms with Gasteiger partial charge in [0, 0.05) is 36.8 Å². The first-order chi connectivity index (χ1) is 16.8. The minimum Gasteiger partial charge on any atom is -0.483 e. The van der Waals surface area contributed by atoms with Crippen molar-refractivity contribution in [3.05, 3.63) is 28.8 Å². The molecule has 2 aliphatic rings. The molecule has 1 aliphatic heterocycles. The first-order valence-corrected chi connectivity index (χ1v) is 13.3. The Morgan fingerprint density at radius 2 is 1.86 bits per heavy atom. The normalized spacial score (nSPS) is 19.3. The first-order valence-electron chi connectivity index (χ1n) is 12.9. The lowest BCUT2D eigenvalue weighted by molar-refractivity contribution is -0.140. The molecular weight excluding hydrogens is 468 g/mol. The molecule has 1 saturated carbocycles. The quantitative estimate of drug-likeness (QED) is 0.507. The Kier molecular flexibility index (Phi) is 10.2. The van der Waals surface area contributed by atoms with Crippen molar-refractivity contribution in [1.29, 1.82) is 0 Å². The number of benzene rings is 1. The lowest BCUT2D eigenvalue weighted by Gasteiger charge is -2.32. The summed E-state index contributed by atoms with van der Waals surface area (Å²) in [5.74, 6) is 0.266. The number of carbonyl (C=O) groups excluding carboxylic acids is 3.